The molecule has 0 heterocycles. The molecule has 0 bridgehead atoms. The van der Waals surface area contributed by atoms with Crippen LogP contribution in [0.5, 0.6) is 0 Å². The highest BCUT2D eigenvalue weighted by atomic mass is 16.4. The average molecular weight is 471 g/mol. The third-order valence-corrected chi connectivity index (χ3v) is 11.8. The Morgan fingerprint density at radius 2 is 1.74 bits per heavy atom. The molecule has 4 nitrogen and oxygen atoms in total. The van der Waals surface area contributed by atoms with Crippen molar-refractivity contribution < 1.29 is 19.8 Å². The molecule has 34 heavy (non-hydrogen) atoms. The topological polar surface area (TPSA) is 74.6 Å². The standard InChI is InChI=1S/C30H46O4/c1-19(26(33)34)8-7-9-20(18-31)21-12-16-30(6)23-10-11-24-27(2,3)25(32)14-15-28(24,4)22(23)13-17-29(21,30)5/h8,18,20-21,24-25,32H,7,9-17H2,1-6H3,(H,33,34)/b19-8-/t20?,21-,24-,25+,28+,29-,30+/m0/s1. The van der Waals surface area contributed by atoms with Crippen molar-refractivity contribution in [1.82, 2.24) is 0 Å². The molecule has 4 rings (SSSR count). The summed E-state index contributed by atoms with van der Waals surface area (Å²) in [6, 6.07) is 0. The number of aliphatic carboxylic acids is 1. The summed E-state index contributed by atoms with van der Waals surface area (Å²) < 4.78 is 0. The summed E-state index contributed by atoms with van der Waals surface area (Å²) in [4.78, 5) is 23.4. The molecule has 2 saturated carbocycles. The zero-order valence-corrected chi connectivity index (χ0v) is 22.2. The fraction of sp³-hybridized carbons (Fsp3) is 0.800. The second kappa shape index (κ2) is 8.61. The lowest BCUT2D eigenvalue weighted by Gasteiger charge is -2.62. The highest BCUT2D eigenvalue weighted by Crippen LogP contribution is 2.72. The molecule has 0 aliphatic heterocycles. The number of fused-ring (bicyclic) bond motifs is 4. The van der Waals surface area contributed by atoms with Gasteiger partial charge in [0.15, 0.2) is 0 Å². The van der Waals surface area contributed by atoms with Gasteiger partial charge >= 0.3 is 5.97 Å². The van der Waals surface area contributed by atoms with E-state index in [1.807, 2.05) is 0 Å². The van der Waals surface area contributed by atoms with Crippen LogP contribution in [0.15, 0.2) is 22.8 Å². The molecule has 0 amide bonds. The number of carboxylic acid groups (broad SMARTS) is 1. The number of carboxylic acids is 1. The number of aldehydes is 1. The van der Waals surface area contributed by atoms with Gasteiger partial charge in [-0.25, -0.2) is 4.79 Å². The summed E-state index contributed by atoms with van der Waals surface area (Å²) in [5.74, 6) is -0.00260. The second-order valence-corrected chi connectivity index (χ2v) is 13.3. The van der Waals surface area contributed by atoms with Gasteiger partial charge in [-0.15, -0.1) is 0 Å². The average Bonchev–Trinajstić information content (AvgIpc) is 3.05. The SMILES string of the molecule is C/C(=C/CCC(C=O)[C@@H]1CC[C@]2(C)C3=C(CC[C@@]12C)[C@@]1(C)CC[C@@H](O)C(C)(C)[C@@H]1CC3)C(=O)O. The van der Waals surface area contributed by atoms with Gasteiger partial charge in [-0.2, -0.15) is 0 Å². The molecule has 0 aromatic heterocycles. The van der Waals surface area contributed by atoms with E-state index in [4.69, 9.17) is 5.11 Å². The molecule has 0 radical (unpaired) electrons. The Balaban J connectivity index is 1.63. The Morgan fingerprint density at radius 3 is 2.38 bits per heavy atom. The number of rotatable bonds is 6. The maximum Gasteiger partial charge on any atom is 0.330 e. The van der Waals surface area contributed by atoms with Gasteiger partial charge in [0.1, 0.15) is 6.29 Å². The van der Waals surface area contributed by atoms with Crippen molar-refractivity contribution in [3.05, 3.63) is 22.8 Å². The van der Waals surface area contributed by atoms with Crippen LogP contribution in [0.25, 0.3) is 0 Å². The van der Waals surface area contributed by atoms with Crippen molar-refractivity contribution in [3.8, 4) is 0 Å². The molecule has 4 heteroatoms. The number of hydrogen-bond donors (Lipinski definition) is 2. The summed E-state index contributed by atoms with van der Waals surface area (Å²) in [6.07, 6.45) is 12.9. The minimum absolute atomic E-state index is 0.0116. The van der Waals surface area contributed by atoms with Crippen LogP contribution in [0, 0.1) is 39.4 Å². The highest BCUT2D eigenvalue weighted by Gasteiger charge is 2.63. The Kier molecular flexibility index (Phi) is 6.50. The van der Waals surface area contributed by atoms with E-state index in [1.54, 1.807) is 24.1 Å². The molecular weight excluding hydrogens is 424 g/mol. The number of hydrogen-bond acceptors (Lipinski definition) is 3. The third-order valence-electron chi connectivity index (χ3n) is 11.8. The lowest BCUT2D eigenvalue weighted by Crippen LogP contribution is -2.55. The maximum atomic E-state index is 12.3. The molecule has 190 valence electrons. The fourth-order valence-corrected chi connectivity index (χ4v) is 9.35. The lowest BCUT2D eigenvalue weighted by atomic mass is 9.43. The van der Waals surface area contributed by atoms with Crippen LogP contribution in [0.3, 0.4) is 0 Å². The van der Waals surface area contributed by atoms with E-state index < -0.39 is 5.97 Å². The first kappa shape index (κ1) is 25.7. The van der Waals surface area contributed by atoms with Gasteiger partial charge in [0.05, 0.1) is 6.10 Å². The fourth-order valence-electron chi connectivity index (χ4n) is 9.35. The van der Waals surface area contributed by atoms with E-state index in [0.717, 1.165) is 57.8 Å². The Hall–Kier alpha value is -1.42. The van der Waals surface area contributed by atoms with Crippen LogP contribution in [0.2, 0.25) is 0 Å². The minimum Gasteiger partial charge on any atom is -0.478 e. The molecule has 2 fully saturated rings. The molecular formula is C30H46O4. The highest BCUT2D eigenvalue weighted by molar-refractivity contribution is 5.85. The van der Waals surface area contributed by atoms with Crippen LogP contribution in [0.4, 0.5) is 0 Å². The summed E-state index contributed by atoms with van der Waals surface area (Å²) in [6.45, 7) is 13.6. The van der Waals surface area contributed by atoms with E-state index in [-0.39, 0.29) is 33.7 Å². The molecule has 0 aromatic rings. The van der Waals surface area contributed by atoms with E-state index in [2.05, 4.69) is 34.6 Å². The first-order valence-corrected chi connectivity index (χ1v) is 13.6. The minimum atomic E-state index is -0.877. The van der Waals surface area contributed by atoms with Crippen molar-refractivity contribution in [2.45, 2.75) is 112 Å². The lowest BCUT2D eigenvalue weighted by molar-refractivity contribution is -0.132. The number of carbonyl (C=O) groups is 2. The van der Waals surface area contributed by atoms with E-state index in [1.165, 1.54) is 6.29 Å². The normalized spacial score (nSPS) is 42.4. The predicted octanol–water partition coefficient (Wildman–Crippen LogP) is 6.72. The molecule has 0 spiro atoms. The maximum absolute atomic E-state index is 12.3. The van der Waals surface area contributed by atoms with Crippen molar-refractivity contribution >= 4 is 12.3 Å². The van der Waals surface area contributed by atoms with Crippen LogP contribution in [0.1, 0.15) is 106 Å². The quantitative estimate of drug-likeness (QED) is 0.257. The Morgan fingerprint density at radius 1 is 1.03 bits per heavy atom. The first-order valence-electron chi connectivity index (χ1n) is 13.6. The van der Waals surface area contributed by atoms with E-state index >= 15 is 0 Å². The number of allylic oxidation sites excluding steroid dienone is 3. The molecule has 0 aromatic carbocycles. The smallest absolute Gasteiger partial charge is 0.330 e. The number of aliphatic hydroxyl groups excluding tert-OH is 1. The van der Waals surface area contributed by atoms with Gasteiger partial charge in [-0.05, 0) is 105 Å². The summed E-state index contributed by atoms with van der Waals surface area (Å²) >= 11 is 0. The van der Waals surface area contributed by atoms with Crippen molar-refractivity contribution in [1.29, 1.82) is 0 Å². The van der Waals surface area contributed by atoms with E-state index in [0.29, 0.717) is 23.8 Å². The molecule has 4 aliphatic rings. The monoisotopic (exact) mass is 470 g/mol. The van der Waals surface area contributed by atoms with Gasteiger partial charge in [0, 0.05) is 11.5 Å². The first-order chi connectivity index (χ1) is 15.8. The molecule has 4 aliphatic carbocycles. The van der Waals surface area contributed by atoms with Crippen molar-refractivity contribution in [2.75, 3.05) is 0 Å². The van der Waals surface area contributed by atoms with E-state index in [9.17, 15) is 14.7 Å². The van der Waals surface area contributed by atoms with Crippen LogP contribution in [-0.4, -0.2) is 28.6 Å². The number of aliphatic hydroxyl groups is 1. The van der Waals surface area contributed by atoms with Crippen molar-refractivity contribution in [2.24, 2.45) is 39.4 Å². The third kappa shape index (κ3) is 3.57. The predicted molar refractivity (Wildman–Crippen MR) is 135 cm³/mol. The van der Waals surface area contributed by atoms with Crippen LogP contribution < -0.4 is 0 Å². The number of carbonyl (C=O) groups excluding carboxylic acids is 1. The molecule has 2 N–H and O–H groups in total. The molecule has 0 saturated heterocycles. The zero-order chi connectivity index (χ0) is 25.1. The van der Waals surface area contributed by atoms with Gasteiger partial charge in [0.25, 0.3) is 0 Å². The van der Waals surface area contributed by atoms with Crippen LogP contribution >= 0.6 is 0 Å². The van der Waals surface area contributed by atoms with Gasteiger partial charge in [0.2, 0.25) is 0 Å². The van der Waals surface area contributed by atoms with Gasteiger partial charge in [-0.1, -0.05) is 51.8 Å². The van der Waals surface area contributed by atoms with Crippen LogP contribution in [-0.2, 0) is 9.59 Å². The molecule has 7 atom stereocenters. The largest absolute Gasteiger partial charge is 0.478 e. The van der Waals surface area contributed by atoms with Gasteiger partial charge < -0.3 is 15.0 Å². The Labute approximate surface area is 206 Å². The van der Waals surface area contributed by atoms with Gasteiger partial charge in [-0.3, -0.25) is 0 Å². The summed E-state index contributed by atoms with van der Waals surface area (Å²) in [7, 11) is 0. The molecule has 1 unspecified atom stereocenters. The summed E-state index contributed by atoms with van der Waals surface area (Å²) in [5.41, 5.74) is 4.14. The Bertz CT molecular complexity index is 913. The summed E-state index contributed by atoms with van der Waals surface area (Å²) in [5, 5.41) is 19.9. The second-order valence-electron chi connectivity index (χ2n) is 13.3. The zero-order valence-electron chi connectivity index (χ0n) is 22.2. The van der Waals surface area contributed by atoms with Crippen molar-refractivity contribution in [3.63, 3.8) is 0 Å².